The smallest absolute Gasteiger partial charge is 0.254 e. The lowest BCUT2D eigenvalue weighted by atomic mass is 10.1. The lowest BCUT2D eigenvalue weighted by Gasteiger charge is -2.34. The number of piperazine rings is 4. The molecule has 4 aliphatic heterocycles. The van der Waals surface area contributed by atoms with Crippen molar-refractivity contribution >= 4 is 94.7 Å². The number of rotatable bonds is 19. The number of hydrogen-bond acceptors (Lipinski definition) is 8. The Morgan fingerprint density at radius 1 is 0.340 bits per heavy atom. The normalized spacial score (nSPS) is 16.1. The molecule has 16 rings (SSSR count). The van der Waals surface area contributed by atoms with Crippen molar-refractivity contribution in [3.63, 3.8) is 0 Å². The molecule has 0 aliphatic carbocycles. The van der Waals surface area contributed by atoms with Crippen molar-refractivity contribution in [2.75, 3.05) is 144 Å². The van der Waals surface area contributed by atoms with Crippen LogP contribution in [-0.2, 0) is 32.4 Å². The second-order valence-electron chi connectivity index (χ2n) is 28.2. The minimum Gasteiger partial charge on any atom is -0.355 e. The molecule has 4 fully saturated rings. The summed E-state index contributed by atoms with van der Waals surface area (Å²) in [6.45, 7) is 20.3. The van der Waals surface area contributed by atoms with Gasteiger partial charge in [-0.15, -0.1) is 11.6 Å². The maximum absolute atomic E-state index is 13.6. The van der Waals surface area contributed by atoms with E-state index >= 15 is 0 Å². The number of halogens is 3. The number of hydrogen-bond donors (Lipinski definition) is 1. The number of likely N-dealkylation sites (N-methyl/N-ethyl adjacent to an activating group) is 1. The fraction of sp³-hybridized carbons (Fsp3) is 0.337. The van der Waals surface area contributed by atoms with Crippen molar-refractivity contribution < 1.29 is 23.2 Å². The number of amides is 3. The highest BCUT2D eigenvalue weighted by atomic mass is 35.5. The lowest BCUT2D eigenvalue weighted by molar-refractivity contribution is 0.0632. The van der Waals surface area contributed by atoms with Gasteiger partial charge in [0.2, 0.25) is 0 Å². The average molecular weight is 1400 g/mol. The summed E-state index contributed by atoms with van der Waals surface area (Å²) in [5.74, 6) is 0.581. The maximum atomic E-state index is 13.6. The van der Waals surface area contributed by atoms with Crippen molar-refractivity contribution in [3.05, 3.63) is 251 Å². The fourth-order valence-electron chi connectivity index (χ4n) is 15.5. The average Bonchev–Trinajstić information content (AvgIpc) is 1.62. The molecule has 0 bridgehead atoms. The summed E-state index contributed by atoms with van der Waals surface area (Å²) in [5, 5.41) is 7.05. The van der Waals surface area contributed by atoms with Crippen LogP contribution < -0.4 is 0 Å². The molecular weight excluding hydrogens is 1310 g/mol. The van der Waals surface area contributed by atoms with Gasteiger partial charge in [-0.2, -0.15) is 0 Å². The van der Waals surface area contributed by atoms with Crippen LogP contribution in [0.5, 0.6) is 0 Å². The fourth-order valence-corrected chi connectivity index (χ4v) is 15.6. The number of aromatic nitrogens is 3. The van der Waals surface area contributed by atoms with Gasteiger partial charge in [-0.25, -0.2) is 8.78 Å². The molecule has 0 atom stereocenters. The molecule has 0 radical (unpaired) electrons. The number of fused-ring (bicyclic) bond motifs is 9. The Morgan fingerprint density at radius 2 is 0.728 bits per heavy atom. The molecule has 17 heteroatoms. The third kappa shape index (κ3) is 17.0. The number of aromatic amines is 1. The van der Waals surface area contributed by atoms with Crippen molar-refractivity contribution in [2.45, 2.75) is 45.2 Å². The number of para-hydroxylation sites is 3. The van der Waals surface area contributed by atoms with E-state index in [1.54, 1.807) is 0 Å². The molecule has 12 aromatic rings. The molecule has 1 N–H and O–H groups in total. The van der Waals surface area contributed by atoms with E-state index in [-0.39, 0.29) is 29.4 Å². The van der Waals surface area contributed by atoms with Gasteiger partial charge in [0.05, 0.1) is 0 Å². The highest BCUT2D eigenvalue weighted by Gasteiger charge is 2.27. The van der Waals surface area contributed by atoms with Gasteiger partial charge in [-0.1, -0.05) is 115 Å². The van der Waals surface area contributed by atoms with Crippen LogP contribution in [0, 0.1) is 11.6 Å². The first-order chi connectivity index (χ1) is 50.5. The van der Waals surface area contributed by atoms with Gasteiger partial charge in [0.1, 0.15) is 11.6 Å². The zero-order valence-corrected chi connectivity index (χ0v) is 60.0. The van der Waals surface area contributed by atoms with Crippen LogP contribution in [0.1, 0.15) is 60.6 Å². The number of alkyl halides is 1. The van der Waals surface area contributed by atoms with Crippen LogP contribution >= 0.6 is 11.6 Å². The van der Waals surface area contributed by atoms with Gasteiger partial charge in [0.25, 0.3) is 17.7 Å². The highest BCUT2D eigenvalue weighted by Crippen LogP contribution is 2.33. The van der Waals surface area contributed by atoms with Gasteiger partial charge >= 0.3 is 0 Å². The largest absolute Gasteiger partial charge is 0.355 e. The lowest BCUT2D eigenvalue weighted by Crippen LogP contribution is -2.49. The second-order valence-corrected chi connectivity index (χ2v) is 28.5. The number of aryl methyl sites for hydroxylation is 2. The van der Waals surface area contributed by atoms with Crippen LogP contribution in [0.3, 0.4) is 0 Å². The number of carbonyl (C=O) groups is 3. The minimum absolute atomic E-state index is 0.0951. The van der Waals surface area contributed by atoms with Crippen molar-refractivity contribution in [3.8, 4) is 0 Å². The zero-order valence-electron chi connectivity index (χ0n) is 59.3. The monoisotopic (exact) mass is 1400 g/mol. The van der Waals surface area contributed by atoms with E-state index in [2.05, 4.69) is 155 Å². The summed E-state index contributed by atoms with van der Waals surface area (Å²) < 4.78 is 30.9. The molecule has 3 aromatic heterocycles. The van der Waals surface area contributed by atoms with Gasteiger partial charge in [-0.05, 0) is 153 Å². The van der Waals surface area contributed by atoms with Crippen molar-refractivity contribution in [1.82, 2.24) is 53.3 Å². The summed E-state index contributed by atoms with van der Waals surface area (Å²) >= 11 is 5.96. The number of benzene rings is 9. The first kappa shape index (κ1) is 70.8. The van der Waals surface area contributed by atoms with Gasteiger partial charge in [-0.3, -0.25) is 29.1 Å². The molecule has 103 heavy (non-hydrogen) atoms. The van der Waals surface area contributed by atoms with E-state index in [4.69, 9.17) is 11.6 Å². The minimum atomic E-state index is -0.200. The summed E-state index contributed by atoms with van der Waals surface area (Å²) in [6.07, 6.45) is 4.86. The number of nitrogens with zero attached hydrogens (tertiary/aromatic N) is 10. The molecule has 0 saturated carbocycles. The van der Waals surface area contributed by atoms with E-state index in [1.165, 1.54) is 62.5 Å². The van der Waals surface area contributed by atoms with E-state index in [0.29, 0.717) is 5.88 Å². The molecule has 532 valence electrons. The van der Waals surface area contributed by atoms with Crippen LogP contribution in [0.25, 0.3) is 65.4 Å². The SMILES string of the molecule is CN1CCN(CCCn2c3ccccc3c3ccc(C(=O)N4CCN(CCc5ccccc5)CC4)cc32)CC1.O=C(c1ccc2[nH]c3ccccc3c2c1)N1CCN(CCc2ccc(F)cc2)CC1.O=C(c1ccc2c(c1)c1ccccc1n2CCCCl)N1CCN(CCc2ccc(F)cc2)CC1. The third-order valence-corrected chi connectivity index (χ3v) is 21.8. The summed E-state index contributed by atoms with van der Waals surface area (Å²) in [4.78, 5) is 61.6. The number of nitrogens with one attached hydrogen (secondary N) is 1. The Labute approximate surface area is 608 Å². The zero-order chi connectivity index (χ0) is 70.6. The highest BCUT2D eigenvalue weighted by molar-refractivity contribution is 6.18. The molecule has 4 saturated heterocycles. The second kappa shape index (κ2) is 33.5. The topological polar surface area (TPSA) is 103 Å². The Hall–Kier alpha value is -9.26. The number of carbonyl (C=O) groups excluding carboxylic acids is 3. The van der Waals surface area contributed by atoms with Gasteiger partial charge in [0.15, 0.2) is 0 Å². The predicted octanol–water partition coefficient (Wildman–Crippen LogP) is 14.5. The number of H-pyrrole nitrogens is 1. The van der Waals surface area contributed by atoms with E-state index < -0.39 is 0 Å². The maximum Gasteiger partial charge on any atom is 0.254 e. The third-order valence-electron chi connectivity index (χ3n) is 21.6. The van der Waals surface area contributed by atoms with Gasteiger partial charge < -0.3 is 38.6 Å². The van der Waals surface area contributed by atoms with Crippen molar-refractivity contribution in [2.24, 2.45) is 0 Å². The van der Waals surface area contributed by atoms with E-state index in [1.807, 2.05) is 87.5 Å². The molecule has 9 aromatic carbocycles. The van der Waals surface area contributed by atoms with Crippen LogP contribution in [0.15, 0.2) is 206 Å². The van der Waals surface area contributed by atoms with Crippen molar-refractivity contribution in [1.29, 1.82) is 0 Å². The van der Waals surface area contributed by atoms with E-state index in [0.717, 1.165) is 237 Å². The molecule has 4 aliphatic rings. The van der Waals surface area contributed by atoms with E-state index in [9.17, 15) is 23.2 Å². The summed E-state index contributed by atoms with van der Waals surface area (Å²) in [7, 11) is 2.21. The molecule has 0 unspecified atom stereocenters. The van der Waals surface area contributed by atoms with Crippen LogP contribution in [0.4, 0.5) is 8.78 Å². The first-order valence-electron chi connectivity index (χ1n) is 37.0. The predicted molar refractivity (Wildman–Crippen MR) is 416 cm³/mol. The first-order valence-corrected chi connectivity index (χ1v) is 37.6. The molecule has 14 nitrogen and oxygen atoms in total. The Morgan fingerprint density at radius 3 is 1.27 bits per heavy atom. The summed E-state index contributed by atoms with van der Waals surface area (Å²) in [6, 6.07) is 67.7. The Kier molecular flexibility index (Phi) is 23.0. The van der Waals surface area contributed by atoms with Gasteiger partial charge in [0, 0.05) is 225 Å². The molecule has 3 amide bonds. The quantitative estimate of drug-likeness (QED) is 0.0799. The molecular formula is C86H94ClF2N11O3. The Balaban J connectivity index is 0.000000132. The summed E-state index contributed by atoms with van der Waals surface area (Å²) in [5.41, 5.74) is 12.9. The van der Waals surface area contributed by atoms with Crippen LogP contribution in [0.2, 0.25) is 0 Å². The standard InChI is InChI=1S/C33H41N5O.C28H29ClFN3O.C25H24FN3O/c1-34-18-20-35(21-19-34)15-7-16-38-31-11-6-5-10-29(31)30-13-12-28(26-32(30)38)33(39)37-24-22-36(23-25-37)17-14-27-8-3-2-4-9-27;29-13-3-14-33-26-5-2-1-4-24(26)25-20-22(8-11-27(25)33)28(34)32-18-16-31(17-19-32)15-12-21-6-9-23(30)10-7-21;26-20-8-5-18(6-9-20)11-12-28-13-15-29(16-14-28)25(30)19-7-10-24-22(17-19)21-3-1-2-4-23(21)27-24/h2-6,8-13,26H,7,14-25H2,1H3;1-2,4-11,20H,3,12-19H2;1-10,17,27H,11-16H2. The molecule has 0 spiro atoms. The Bertz CT molecular complexity index is 4850. The van der Waals surface area contributed by atoms with Crippen LogP contribution in [-0.4, -0.2) is 215 Å². The molecule has 7 heterocycles.